The molecule has 0 aromatic heterocycles. The van der Waals surface area contributed by atoms with Crippen molar-refractivity contribution in [3.05, 3.63) is 47.5 Å². The monoisotopic (exact) mass is 540 g/mol. The minimum Gasteiger partial charge on any atom is -0.493 e. The zero-order valence-corrected chi connectivity index (χ0v) is 23.9. The van der Waals surface area contributed by atoms with E-state index in [0.29, 0.717) is 57.3 Å². The Balaban J connectivity index is 2.13. The fraction of sp³-hybridized carbons (Fsp3) is 0.333. The van der Waals surface area contributed by atoms with Crippen LogP contribution in [-0.4, -0.2) is 56.9 Å². The van der Waals surface area contributed by atoms with E-state index in [2.05, 4.69) is 0 Å². The standard InChI is InChI=1S/C30H36O9/c1-10-11-18-16-21(27(35-6)30(38-9)24(18)32-3)20-13-15-23(29(37-8)26(20)34-5)39-17-19-12-14-22(31-2)28(36-7)25(19)33-4/h10-16H,17H2,1-9H3/b11-10+. The average molecular weight is 541 g/mol. The Morgan fingerprint density at radius 2 is 1.05 bits per heavy atom. The molecule has 0 unspecified atom stereocenters. The van der Waals surface area contributed by atoms with E-state index in [1.165, 1.54) is 0 Å². The van der Waals surface area contributed by atoms with E-state index in [-0.39, 0.29) is 6.61 Å². The molecular weight excluding hydrogens is 504 g/mol. The lowest BCUT2D eigenvalue weighted by Crippen LogP contribution is -2.04. The van der Waals surface area contributed by atoms with Crippen LogP contribution >= 0.6 is 0 Å². The summed E-state index contributed by atoms with van der Waals surface area (Å²) in [6.45, 7) is 2.10. The number of hydrogen-bond acceptors (Lipinski definition) is 9. The zero-order valence-electron chi connectivity index (χ0n) is 23.9. The summed E-state index contributed by atoms with van der Waals surface area (Å²) in [7, 11) is 12.6. The number of benzene rings is 3. The van der Waals surface area contributed by atoms with Crippen molar-refractivity contribution in [3.8, 4) is 62.9 Å². The molecule has 0 spiro atoms. The van der Waals surface area contributed by atoms with E-state index in [9.17, 15) is 0 Å². The second kappa shape index (κ2) is 13.4. The van der Waals surface area contributed by atoms with E-state index < -0.39 is 0 Å². The van der Waals surface area contributed by atoms with Crippen LogP contribution in [0.3, 0.4) is 0 Å². The van der Waals surface area contributed by atoms with Crippen molar-refractivity contribution in [1.29, 1.82) is 0 Å². The zero-order chi connectivity index (χ0) is 28.5. The van der Waals surface area contributed by atoms with Crippen LogP contribution in [0, 0.1) is 0 Å². The topological polar surface area (TPSA) is 83.1 Å². The summed E-state index contributed by atoms with van der Waals surface area (Å²) >= 11 is 0. The van der Waals surface area contributed by atoms with Crippen LogP contribution in [-0.2, 0) is 6.61 Å². The molecule has 0 radical (unpaired) electrons. The molecule has 0 aliphatic heterocycles. The third-order valence-corrected chi connectivity index (χ3v) is 6.12. The van der Waals surface area contributed by atoms with Gasteiger partial charge in [0.1, 0.15) is 6.61 Å². The first kappa shape index (κ1) is 29.2. The molecule has 0 amide bonds. The lowest BCUT2D eigenvalue weighted by Gasteiger charge is -2.22. The minimum absolute atomic E-state index is 0.174. The highest BCUT2D eigenvalue weighted by atomic mass is 16.5. The number of methoxy groups -OCH3 is 8. The number of rotatable bonds is 13. The molecule has 0 heterocycles. The van der Waals surface area contributed by atoms with Gasteiger partial charge in [-0.15, -0.1) is 0 Å². The summed E-state index contributed by atoms with van der Waals surface area (Å²) in [5, 5.41) is 0. The third kappa shape index (κ3) is 5.57. The van der Waals surface area contributed by atoms with E-state index in [1.807, 2.05) is 43.3 Å². The van der Waals surface area contributed by atoms with E-state index in [0.717, 1.165) is 16.7 Å². The molecule has 9 nitrogen and oxygen atoms in total. The van der Waals surface area contributed by atoms with E-state index in [4.69, 9.17) is 42.6 Å². The first-order valence-corrected chi connectivity index (χ1v) is 12.1. The van der Waals surface area contributed by atoms with Gasteiger partial charge in [0.2, 0.25) is 17.2 Å². The van der Waals surface area contributed by atoms with Gasteiger partial charge in [-0.3, -0.25) is 0 Å². The predicted octanol–water partition coefficient (Wildman–Crippen LogP) is 6.03. The molecule has 9 heteroatoms. The molecule has 3 aromatic rings. The highest BCUT2D eigenvalue weighted by molar-refractivity contribution is 5.86. The van der Waals surface area contributed by atoms with Crippen LogP contribution < -0.4 is 42.6 Å². The van der Waals surface area contributed by atoms with Crippen molar-refractivity contribution in [1.82, 2.24) is 0 Å². The second-order valence-electron chi connectivity index (χ2n) is 8.07. The average Bonchev–Trinajstić information content (AvgIpc) is 2.97. The third-order valence-electron chi connectivity index (χ3n) is 6.12. The van der Waals surface area contributed by atoms with Gasteiger partial charge < -0.3 is 42.6 Å². The molecule has 3 rings (SSSR count). The summed E-state index contributed by atoms with van der Waals surface area (Å²) in [5.74, 6) is 4.44. The fourth-order valence-corrected chi connectivity index (χ4v) is 4.44. The van der Waals surface area contributed by atoms with Crippen LogP contribution in [0.15, 0.2) is 36.4 Å². The van der Waals surface area contributed by atoms with E-state index >= 15 is 0 Å². The molecule has 0 atom stereocenters. The van der Waals surface area contributed by atoms with Gasteiger partial charge in [0.05, 0.1) is 56.9 Å². The maximum Gasteiger partial charge on any atom is 0.204 e. The quantitative estimate of drug-likeness (QED) is 0.258. The molecule has 39 heavy (non-hydrogen) atoms. The normalized spacial score (nSPS) is 10.7. The summed E-state index contributed by atoms with van der Waals surface area (Å²) < 4.78 is 51.4. The highest BCUT2D eigenvalue weighted by Crippen LogP contribution is 2.52. The van der Waals surface area contributed by atoms with Gasteiger partial charge in [0.25, 0.3) is 0 Å². The predicted molar refractivity (Wildman–Crippen MR) is 150 cm³/mol. The van der Waals surface area contributed by atoms with Crippen LogP contribution in [0.25, 0.3) is 17.2 Å². The van der Waals surface area contributed by atoms with Gasteiger partial charge >= 0.3 is 0 Å². The molecule has 0 saturated heterocycles. The number of allylic oxidation sites excluding steroid dienone is 1. The summed E-state index contributed by atoms with van der Waals surface area (Å²) in [6, 6.07) is 9.30. The first-order chi connectivity index (χ1) is 19.0. The van der Waals surface area contributed by atoms with Crippen LogP contribution in [0.4, 0.5) is 0 Å². The molecule has 210 valence electrons. The largest absolute Gasteiger partial charge is 0.493 e. The summed E-state index contributed by atoms with van der Waals surface area (Å²) in [4.78, 5) is 0. The maximum absolute atomic E-state index is 6.19. The van der Waals surface area contributed by atoms with Gasteiger partial charge in [-0.05, 0) is 37.3 Å². The summed E-state index contributed by atoms with van der Waals surface area (Å²) in [5.41, 5.74) is 3.02. The fourth-order valence-electron chi connectivity index (χ4n) is 4.44. The smallest absolute Gasteiger partial charge is 0.204 e. The van der Waals surface area contributed by atoms with Gasteiger partial charge in [-0.2, -0.15) is 0 Å². The first-order valence-electron chi connectivity index (χ1n) is 12.1. The SMILES string of the molecule is C/C=C/c1cc(-c2ccc(OCc3ccc(OC)c(OC)c3OC)c(OC)c2OC)c(OC)c(OC)c1OC. The van der Waals surface area contributed by atoms with Crippen molar-refractivity contribution >= 4 is 6.08 Å². The highest BCUT2D eigenvalue weighted by Gasteiger charge is 2.26. The Bertz CT molecular complexity index is 1310. The summed E-state index contributed by atoms with van der Waals surface area (Å²) in [6.07, 6.45) is 3.85. The Morgan fingerprint density at radius 1 is 0.513 bits per heavy atom. The molecule has 0 aliphatic carbocycles. The lowest BCUT2D eigenvalue weighted by atomic mass is 9.98. The van der Waals surface area contributed by atoms with E-state index in [1.54, 1.807) is 62.9 Å². The van der Waals surface area contributed by atoms with Gasteiger partial charge in [-0.1, -0.05) is 12.2 Å². The number of hydrogen-bond donors (Lipinski definition) is 0. The van der Waals surface area contributed by atoms with Crippen molar-refractivity contribution in [3.63, 3.8) is 0 Å². The Kier molecular flexibility index (Phi) is 10.0. The molecule has 0 aliphatic rings. The number of ether oxygens (including phenoxy) is 9. The lowest BCUT2D eigenvalue weighted by molar-refractivity contribution is 0.266. The van der Waals surface area contributed by atoms with Gasteiger partial charge in [-0.25, -0.2) is 0 Å². The van der Waals surface area contributed by atoms with Crippen molar-refractivity contribution in [2.75, 3.05) is 56.9 Å². The molecule has 0 bridgehead atoms. The molecule has 3 aromatic carbocycles. The van der Waals surface area contributed by atoms with Crippen LogP contribution in [0.1, 0.15) is 18.1 Å². The molecule has 0 saturated carbocycles. The van der Waals surface area contributed by atoms with Crippen molar-refractivity contribution < 1.29 is 42.6 Å². The Hall–Kier alpha value is -4.40. The molecule has 0 N–H and O–H groups in total. The van der Waals surface area contributed by atoms with Gasteiger partial charge in [0, 0.05) is 22.3 Å². The van der Waals surface area contributed by atoms with Crippen molar-refractivity contribution in [2.45, 2.75) is 13.5 Å². The second-order valence-corrected chi connectivity index (χ2v) is 8.07. The Labute approximate surface area is 229 Å². The maximum atomic E-state index is 6.19. The van der Waals surface area contributed by atoms with Crippen LogP contribution in [0.5, 0.6) is 51.7 Å². The van der Waals surface area contributed by atoms with Crippen LogP contribution in [0.2, 0.25) is 0 Å². The Morgan fingerprint density at radius 3 is 1.59 bits per heavy atom. The van der Waals surface area contributed by atoms with Crippen molar-refractivity contribution in [2.24, 2.45) is 0 Å². The molecular formula is C30H36O9. The minimum atomic E-state index is 0.174. The molecule has 0 fully saturated rings. The van der Waals surface area contributed by atoms with Gasteiger partial charge in [0.15, 0.2) is 34.5 Å².